The van der Waals surface area contributed by atoms with Gasteiger partial charge in [-0.2, -0.15) is 0 Å². The molecule has 0 saturated heterocycles. The summed E-state index contributed by atoms with van der Waals surface area (Å²) in [6.45, 7) is 4.37. The van der Waals surface area contributed by atoms with Crippen molar-refractivity contribution < 1.29 is 23.9 Å². The summed E-state index contributed by atoms with van der Waals surface area (Å²) in [5.74, 6) is 0.687. The Kier molecular flexibility index (Phi) is 5.62. The number of carbonyl (C=O) groups is 4. The summed E-state index contributed by atoms with van der Waals surface area (Å²) in [4.78, 5) is 49.1. The van der Waals surface area contributed by atoms with Gasteiger partial charge in [-0.15, -0.1) is 0 Å². The lowest BCUT2D eigenvalue weighted by atomic mass is 9.48. The van der Waals surface area contributed by atoms with Crippen LogP contribution in [0.3, 0.4) is 0 Å². The Morgan fingerprint density at radius 3 is 1.74 bits per heavy atom. The summed E-state index contributed by atoms with van der Waals surface area (Å²) in [7, 11) is 0. The number of anilines is 2. The Hall–Kier alpha value is -2.70. The van der Waals surface area contributed by atoms with Crippen LogP contribution in [-0.2, 0) is 19.1 Å². The molecule has 7 nitrogen and oxygen atoms in total. The van der Waals surface area contributed by atoms with Crippen LogP contribution in [-0.4, -0.2) is 29.7 Å². The van der Waals surface area contributed by atoms with E-state index in [1.165, 1.54) is 45.2 Å². The summed E-state index contributed by atoms with van der Waals surface area (Å²) in [6, 6.07) is 4.53. The second kappa shape index (κ2) is 8.09. The fourth-order valence-electron chi connectivity index (χ4n) is 6.42. The average Bonchev–Trinajstić information content (AvgIpc) is 2.64. The molecule has 1 atom stereocenters. The first-order valence-corrected chi connectivity index (χ1v) is 11.1. The largest absolute Gasteiger partial charge is 0.451 e. The molecular weight excluding hydrogens is 396 g/mol. The molecule has 4 fully saturated rings. The Balaban J connectivity index is 1.50. The van der Waals surface area contributed by atoms with Gasteiger partial charge in [-0.3, -0.25) is 14.4 Å². The Bertz CT molecular complexity index is 868. The van der Waals surface area contributed by atoms with E-state index in [1.807, 2.05) is 0 Å². The first-order chi connectivity index (χ1) is 14.6. The van der Waals surface area contributed by atoms with Crippen molar-refractivity contribution in [2.24, 2.45) is 23.2 Å². The Morgan fingerprint density at radius 2 is 1.32 bits per heavy atom. The van der Waals surface area contributed by atoms with E-state index in [2.05, 4.69) is 10.6 Å². The molecule has 0 aromatic heterocycles. The summed E-state index contributed by atoms with van der Waals surface area (Å²) in [5.41, 5.74) is 0.560. The predicted octanol–water partition coefficient (Wildman–Crippen LogP) is 3.93. The molecule has 4 saturated carbocycles. The lowest BCUT2D eigenvalue weighted by molar-refractivity contribution is -0.152. The van der Waals surface area contributed by atoms with E-state index in [1.54, 1.807) is 13.0 Å². The molecule has 0 spiro atoms. The minimum absolute atomic E-state index is 0.0417. The molecule has 2 N–H and O–H groups in total. The minimum atomic E-state index is -0.836. The summed E-state index contributed by atoms with van der Waals surface area (Å²) < 4.78 is 5.59. The molecule has 1 aromatic carbocycles. The summed E-state index contributed by atoms with van der Waals surface area (Å²) in [5, 5.41) is 5.23. The van der Waals surface area contributed by atoms with Gasteiger partial charge in [-0.05, 0) is 81.4 Å². The predicted molar refractivity (Wildman–Crippen MR) is 116 cm³/mol. The van der Waals surface area contributed by atoms with Crippen molar-refractivity contribution in [3.63, 3.8) is 0 Å². The second-order valence-electron chi connectivity index (χ2n) is 9.77. The number of hydrogen-bond donors (Lipinski definition) is 2. The molecule has 7 heteroatoms. The molecule has 1 unspecified atom stereocenters. The van der Waals surface area contributed by atoms with Gasteiger partial charge >= 0.3 is 5.97 Å². The van der Waals surface area contributed by atoms with E-state index in [0.29, 0.717) is 29.1 Å². The lowest BCUT2D eigenvalue weighted by Crippen LogP contribution is -2.52. The second-order valence-corrected chi connectivity index (χ2v) is 9.77. The van der Waals surface area contributed by atoms with Crippen LogP contribution in [0.4, 0.5) is 11.4 Å². The van der Waals surface area contributed by atoms with Crippen LogP contribution in [0.1, 0.15) is 69.7 Å². The number of Topliss-reactive ketones (excluding diaryl/α,β-unsaturated/α-hetero) is 1. The topological polar surface area (TPSA) is 102 Å². The van der Waals surface area contributed by atoms with Crippen LogP contribution < -0.4 is 10.6 Å². The number of hydrogen-bond acceptors (Lipinski definition) is 5. The zero-order chi connectivity index (χ0) is 22.3. The van der Waals surface area contributed by atoms with E-state index in [-0.39, 0.29) is 28.6 Å². The van der Waals surface area contributed by atoms with Crippen LogP contribution >= 0.6 is 0 Å². The number of nitrogens with one attached hydrogen (secondary N) is 2. The quantitative estimate of drug-likeness (QED) is 0.671. The van der Waals surface area contributed by atoms with Crippen molar-refractivity contribution in [1.29, 1.82) is 0 Å². The first kappa shape index (κ1) is 21.5. The van der Waals surface area contributed by atoms with Gasteiger partial charge < -0.3 is 15.4 Å². The summed E-state index contributed by atoms with van der Waals surface area (Å²) in [6.07, 6.45) is 5.64. The number of ketones is 1. The highest BCUT2D eigenvalue weighted by molar-refractivity contribution is 5.99. The van der Waals surface area contributed by atoms with E-state index >= 15 is 0 Å². The molecule has 5 rings (SSSR count). The van der Waals surface area contributed by atoms with Gasteiger partial charge in [0.25, 0.3) is 0 Å². The van der Waals surface area contributed by atoms with E-state index in [0.717, 1.165) is 19.3 Å². The fourth-order valence-corrected chi connectivity index (χ4v) is 6.42. The molecule has 166 valence electrons. The standard InChI is InChI=1S/C24H30N2O5/c1-13(22(29)24-10-16-4-17(11-24)6-18(5-16)12-24)31-23(30)19-7-20(25-14(2)27)9-21(8-19)26-15(3)28/h7-9,13,16-18H,4-6,10-12H2,1-3H3,(H,25,27)(H,26,28). The van der Waals surface area contributed by atoms with Crippen molar-refractivity contribution in [2.45, 2.75) is 65.4 Å². The Labute approximate surface area is 182 Å². The van der Waals surface area contributed by atoms with Gasteiger partial charge in [0.05, 0.1) is 5.56 Å². The molecule has 1 aromatic rings. The molecule has 4 aliphatic rings. The van der Waals surface area contributed by atoms with Gasteiger partial charge in [0, 0.05) is 30.6 Å². The maximum Gasteiger partial charge on any atom is 0.338 e. The van der Waals surface area contributed by atoms with E-state index < -0.39 is 12.1 Å². The molecular formula is C24H30N2O5. The molecule has 31 heavy (non-hydrogen) atoms. The third-order valence-electron chi connectivity index (χ3n) is 7.02. The molecule has 2 amide bonds. The SMILES string of the molecule is CC(=O)Nc1cc(NC(C)=O)cc(C(=O)OC(C)C(=O)C23CC4CC(CC(C4)C2)C3)c1. The normalized spacial score (nSPS) is 29.2. The smallest absolute Gasteiger partial charge is 0.338 e. The lowest BCUT2D eigenvalue weighted by Gasteiger charge is -2.56. The van der Waals surface area contributed by atoms with Gasteiger partial charge in [-0.25, -0.2) is 4.79 Å². The molecule has 0 radical (unpaired) electrons. The van der Waals surface area contributed by atoms with Crippen LogP contribution in [0.25, 0.3) is 0 Å². The maximum atomic E-state index is 13.4. The van der Waals surface area contributed by atoms with Crippen LogP contribution in [0.15, 0.2) is 18.2 Å². The average molecular weight is 427 g/mol. The first-order valence-electron chi connectivity index (χ1n) is 11.1. The highest BCUT2D eigenvalue weighted by Crippen LogP contribution is 2.60. The third-order valence-corrected chi connectivity index (χ3v) is 7.02. The maximum absolute atomic E-state index is 13.4. The molecule has 0 aliphatic heterocycles. The van der Waals surface area contributed by atoms with Crippen LogP contribution in [0, 0.1) is 23.2 Å². The van der Waals surface area contributed by atoms with Gasteiger partial charge in [0.15, 0.2) is 11.9 Å². The van der Waals surface area contributed by atoms with Gasteiger partial charge in [-0.1, -0.05) is 0 Å². The van der Waals surface area contributed by atoms with Crippen molar-refractivity contribution in [3.05, 3.63) is 23.8 Å². The zero-order valence-electron chi connectivity index (χ0n) is 18.3. The van der Waals surface area contributed by atoms with E-state index in [4.69, 9.17) is 4.74 Å². The number of benzene rings is 1. The van der Waals surface area contributed by atoms with E-state index in [9.17, 15) is 19.2 Å². The van der Waals surface area contributed by atoms with Crippen molar-refractivity contribution in [3.8, 4) is 0 Å². The van der Waals surface area contributed by atoms with Crippen molar-refractivity contribution in [1.82, 2.24) is 0 Å². The zero-order valence-corrected chi connectivity index (χ0v) is 18.3. The van der Waals surface area contributed by atoms with Crippen LogP contribution in [0.5, 0.6) is 0 Å². The highest BCUT2D eigenvalue weighted by atomic mass is 16.5. The number of rotatable bonds is 6. The monoisotopic (exact) mass is 426 g/mol. The molecule has 4 bridgehead atoms. The van der Waals surface area contributed by atoms with Crippen molar-refractivity contribution >= 4 is 34.9 Å². The van der Waals surface area contributed by atoms with Gasteiger partial charge in [0.1, 0.15) is 0 Å². The van der Waals surface area contributed by atoms with Crippen LogP contribution in [0.2, 0.25) is 0 Å². The van der Waals surface area contributed by atoms with Gasteiger partial charge in [0.2, 0.25) is 11.8 Å². The number of esters is 1. The number of amides is 2. The fraction of sp³-hybridized carbons (Fsp3) is 0.583. The van der Waals surface area contributed by atoms with Crippen molar-refractivity contribution in [2.75, 3.05) is 10.6 Å². The summed E-state index contributed by atoms with van der Waals surface area (Å²) >= 11 is 0. The molecule has 4 aliphatic carbocycles. The third kappa shape index (κ3) is 4.50. The highest BCUT2D eigenvalue weighted by Gasteiger charge is 2.55. The molecule has 0 heterocycles. The minimum Gasteiger partial charge on any atom is -0.451 e. The number of ether oxygens (including phenoxy) is 1. The number of carbonyl (C=O) groups excluding carboxylic acids is 4. The Morgan fingerprint density at radius 1 is 0.871 bits per heavy atom.